The van der Waals surface area contributed by atoms with E-state index in [9.17, 15) is 13.6 Å². The van der Waals surface area contributed by atoms with Gasteiger partial charge in [0, 0.05) is 12.2 Å². The van der Waals surface area contributed by atoms with Crippen LogP contribution in [0.4, 0.5) is 20.3 Å². The number of aryl methyl sites for hydroxylation is 1. The summed E-state index contributed by atoms with van der Waals surface area (Å²) in [4.78, 5) is 21.4. The molecule has 0 bridgehead atoms. The highest BCUT2D eigenvalue weighted by Crippen LogP contribution is 2.28. The number of halogens is 2. The standard InChI is InChI=1S/C21H20F2N6OS/c1-3-29-11-15-20(28-29)27-18(10-24-15)25-12(2)13-5-4-6-14(9-13)26-21(30)17-8-7-16(31-17)19(22)23/h4-12,19H,3H2,1-2H3,(H,26,30)(H,25,27,28)/t12-/m0/s1. The number of rotatable bonds is 7. The average molecular weight is 442 g/mol. The first-order valence-electron chi connectivity index (χ1n) is 9.69. The maximum atomic E-state index is 12.8. The number of hydrogen-bond acceptors (Lipinski definition) is 6. The quantitative estimate of drug-likeness (QED) is 0.407. The van der Waals surface area contributed by atoms with E-state index >= 15 is 0 Å². The second-order valence-corrected chi connectivity index (χ2v) is 8.01. The number of alkyl halides is 2. The molecule has 0 aliphatic carbocycles. The molecular formula is C21H20F2N6OS. The maximum Gasteiger partial charge on any atom is 0.272 e. The van der Waals surface area contributed by atoms with Gasteiger partial charge in [-0.3, -0.25) is 9.48 Å². The van der Waals surface area contributed by atoms with Crippen LogP contribution in [0.5, 0.6) is 0 Å². The molecule has 4 rings (SSSR count). The van der Waals surface area contributed by atoms with Crippen LogP contribution in [-0.4, -0.2) is 25.7 Å². The number of aromatic nitrogens is 4. The van der Waals surface area contributed by atoms with Crippen LogP contribution in [-0.2, 0) is 6.54 Å². The molecular weight excluding hydrogens is 422 g/mol. The molecule has 0 spiro atoms. The highest BCUT2D eigenvalue weighted by molar-refractivity contribution is 7.14. The summed E-state index contributed by atoms with van der Waals surface area (Å²) in [6.07, 6.45) is 0.920. The Kier molecular flexibility index (Phi) is 5.90. The van der Waals surface area contributed by atoms with Gasteiger partial charge in [0.2, 0.25) is 5.65 Å². The molecule has 1 aromatic carbocycles. The molecule has 7 nitrogen and oxygen atoms in total. The molecule has 3 aromatic heterocycles. The Morgan fingerprint density at radius 2 is 2.10 bits per heavy atom. The Balaban J connectivity index is 1.46. The first-order chi connectivity index (χ1) is 14.9. The van der Waals surface area contributed by atoms with Crippen LogP contribution in [0, 0.1) is 0 Å². The molecule has 4 aromatic rings. The van der Waals surface area contributed by atoms with E-state index in [-0.39, 0.29) is 15.8 Å². The molecule has 3 heterocycles. The lowest BCUT2D eigenvalue weighted by Crippen LogP contribution is -2.12. The SMILES string of the molecule is CCn1cc2ncc(N[C@@H](C)c3cccc(NC(=O)c4ccc(C(F)F)s4)c3)nc2n1. The zero-order chi connectivity index (χ0) is 22.0. The van der Waals surface area contributed by atoms with E-state index in [0.717, 1.165) is 29.0 Å². The molecule has 1 amide bonds. The summed E-state index contributed by atoms with van der Waals surface area (Å²) in [5.74, 6) is 0.173. The van der Waals surface area contributed by atoms with Crippen molar-refractivity contribution in [1.29, 1.82) is 0 Å². The fourth-order valence-corrected chi connectivity index (χ4v) is 3.81. The van der Waals surface area contributed by atoms with E-state index in [1.54, 1.807) is 16.9 Å². The Morgan fingerprint density at radius 1 is 1.26 bits per heavy atom. The predicted molar refractivity (Wildman–Crippen MR) is 117 cm³/mol. The number of fused-ring (bicyclic) bond motifs is 1. The largest absolute Gasteiger partial charge is 0.362 e. The highest BCUT2D eigenvalue weighted by Gasteiger charge is 2.15. The number of nitrogens with zero attached hydrogens (tertiary/aromatic N) is 4. The minimum absolute atomic E-state index is 0.121. The Hall–Kier alpha value is -3.40. The first kappa shape index (κ1) is 20.9. The summed E-state index contributed by atoms with van der Waals surface area (Å²) in [5.41, 5.74) is 2.79. The minimum atomic E-state index is -2.58. The summed E-state index contributed by atoms with van der Waals surface area (Å²) in [5, 5.41) is 10.4. The molecule has 0 radical (unpaired) electrons. The maximum absolute atomic E-state index is 12.8. The van der Waals surface area contributed by atoms with E-state index in [4.69, 9.17) is 0 Å². The summed E-state index contributed by atoms with van der Waals surface area (Å²) in [7, 11) is 0. The zero-order valence-corrected chi connectivity index (χ0v) is 17.7. The monoisotopic (exact) mass is 442 g/mol. The van der Waals surface area contributed by atoms with Crippen molar-refractivity contribution in [2.24, 2.45) is 0 Å². The van der Waals surface area contributed by atoms with Gasteiger partial charge in [-0.05, 0) is 43.7 Å². The van der Waals surface area contributed by atoms with Gasteiger partial charge in [-0.2, -0.15) is 5.10 Å². The van der Waals surface area contributed by atoms with Crippen molar-refractivity contribution in [2.45, 2.75) is 32.9 Å². The Labute approximate surface area is 181 Å². The molecule has 0 saturated heterocycles. The van der Waals surface area contributed by atoms with E-state index in [0.29, 0.717) is 17.2 Å². The molecule has 31 heavy (non-hydrogen) atoms. The summed E-state index contributed by atoms with van der Waals surface area (Å²) >= 11 is 0.788. The van der Waals surface area contributed by atoms with Crippen LogP contribution >= 0.6 is 11.3 Å². The van der Waals surface area contributed by atoms with E-state index in [1.165, 1.54) is 12.1 Å². The Bertz CT molecular complexity index is 1220. The molecule has 0 aliphatic rings. The summed E-state index contributed by atoms with van der Waals surface area (Å²) in [6.45, 7) is 4.70. The van der Waals surface area contributed by atoms with Gasteiger partial charge in [0.25, 0.3) is 12.3 Å². The molecule has 0 fully saturated rings. The van der Waals surface area contributed by atoms with Crippen molar-refractivity contribution in [3.05, 3.63) is 64.1 Å². The molecule has 10 heteroatoms. The van der Waals surface area contributed by atoms with Crippen LogP contribution in [0.2, 0.25) is 0 Å². The van der Waals surface area contributed by atoms with Gasteiger partial charge in [0.15, 0.2) is 0 Å². The number of hydrogen-bond donors (Lipinski definition) is 2. The van der Waals surface area contributed by atoms with Gasteiger partial charge in [0.1, 0.15) is 11.3 Å². The number of thiophene rings is 1. The second kappa shape index (κ2) is 8.76. The minimum Gasteiger partial charge on any atom is -0.362 e. The van der Waals surface area contributed by atoms with Crippen LogP contribution in [0.3, 0.4) is 0 Å². The third-order valence-corrected chi connectivity index (χ3v) is 5.77. The fraction of sp³-hybridized carbons (Fsp3) is 0.238. The van der Waals surface area contributed by atoms with Crippen molar-refractivity contribution in [2.75, 3.05) is 10.6 Å². The van der Waals surface area contributed by atoms with Crippen molar-refractivity contribution < 1.29 is 13.6 Å². The number of carbonyl (C=O) groups excluding carboxylic acids is 1. The fourth-order valence-electron chi connectivity index (χ4n) is 3.05. The van der Waals surface area contributed by atoms with Crippen LogP contribution in [0.25, 0.3) is 11.2 Å². The van der Waals surface area contributed by atoms with E-state index in [1.807, 2.05) is 38.2 Å². The van der Waals surface area contributed by atoms with Crippen molar-refractivity contribution in [3.8, 4) is 0 Å². The predicted octanol–water partition coefficient (Wildman–Crippen LogP) is 5.27. The number of nitrogens with one attached hydrogen (secondary N) is 2. The molecule has 0 unspecified atom stereocenters. The third kappa shape index (κ3) is 4.69. The van der Waals surface area contributed by atoms with Crippen LogP contribution < -0.4 is 10.6 Å². The van der Waals surface area contributed by atoms with Gasteiger partial charge in [-0.15, -0.1) is 11.3 Å². The van der Waals surface area contributed by atoms with Gasteiger partial charge >= 0.3 is 0 Å². The summed E-state index contributed by atoms with van der Waals surface area (Å²) in [6, 6.07) is 9.88. The van der Waals surface area contributed by atoms with Gasteiger partial charge in [0.05, 0.1) is 28.2 Å². The second-order valence-electron chi connectivity index (χ2n) is 6.90. The molecule has 0 saturated carbocycles. The summed E-state index contributed by atoms with van der Waals surface area (Å²) < 4.78 is 27.3. The molecule has 2 N–H and O–H groups in total. The van der Waals surface area contributed by atoms with Crippen molar-refractivity contribution in [3.63, 3.8) is 0 Å². The number of anilines is 2. The van der Waals surface area contributed by atoms with Crippen LogP contribution in [0.1, 0.15) is 46.4 Å². The zero-order valence-electron chi connectivity index (χ0n) is 16.8. The smallest absolute Gasteiger partial charge is 0.272 e. The first-order valence-corrected chi connectivity index (χ1v) is 10.5. The lowest BCUT2D eigenvalue weighted by molar-refractivity contribution is 0.103. The van der Waals surface area contributed by atoms with Gasteiger partial charge in [-0.25, -0.2) is 18.7 Å². The molecule has 0 aliphatic heterocycles. The number of carbonyl (C=O) groups is 1. The third-order valence-electron chi connectivity index (χ3n) is 4.67. The van der Waals surface area contributed by atoms with E-state index in [2.05, 4.69) is 25.7 Å². The van der Waals surface area contributed by atoms with Gasteiger partial charge in [-0.1, -0.05) is 12.1 Å². The lowest BCUT2D eigenvalue weighted by Gasteiger charge is -2.16. The number of benzene rings is 1. The number of amides is 1. The van der Waals surface area contributed by atoms with Crippen molar-refractivity contribution >= 4 is 39.9 Å². The van der Waals surface area contributed by atoms with Gasteiger partial charge < -0.3 is 10.6 Å². The highest BCUT2D eigenvalue weighted by atomic mass is 32.1. The average Bonchev–Trinajstić information content (AvgIpc) is 3.41. The lowest BCUT2D eigenvalue weighted by atomic mass is 10.1. The van der Waals surface area contributed by atoms with Crippen LogP contribution in [0.15, 0.2) is 48.8 Å². The van der Waals surface area contributed by atoms with E-state index < -0.39 is 12.3 Å². The topological polar surface area (TPSA) is 84.7 Å². The van der Waals surface area contributed by atoms with Crippen molar-refractivity contribution in [1.82, 2.24) is 19.7 Å². The molecule has 1 atom stereocenters. The Morgan fingerprint density at radius 3 is 2.84 bits per heavy atom. The molecule has 160 valence electrons. The normalized spacial score (nSPS) is 12.3.